The number of aromatic nitrogens is 1. The number of benzene rings is 1. The minimum atomic E-state index is -1.03. The van der Waals surface area contributed by atoms with Gasteiger partial charge in [0.25, 0.3) is 5.91 Å². The molecule has 8 heteroatoms. The maximum absolute atomic E-state index is 11.9. The highest BCUT2D eigenvalue weighted by Gasteiger charge is 2.10. The lowest BCUT2D eigenvalue weighted by Gasteiger charge is -2.07. The Bertz CT molecular complexity index is 685. The van der Waals surface area contributed by atoms with Crippen molar-refractivity contribution >= 4 is 40.5 Å². The number of anilines is 2. The second-order valence-corrected chi connectivity index (χ2v) is 5.21. The van der Waals surface area contributed by atoms with Crippen LogP contribution in [0, 0.1) is 0 Å². The quantitative estimate of drug-likeness (QED) is 0.756. The molecule has 0 aliphatic carbocycles. The summed E-state index contributed by atoms with van der Waals surface area (Å²) in [7, 11) is 0. The standard InChI is InChI=1S/C14H13N3O4S/c18-11(4-5-12(19)20)16-9-2-1-3-10(8-9)17-13(21)14-15-6-7-22-14/h1-3,6-8H,4-5H2,(H,16,18)(H,17,21)(H,19,20). The van der Waals surface area contributed by atoms with Crippen LogP contribution in [-0.2, 0) is 9.59 Å². The molecule has 2 aromatic rings. The fourth-order valence-electron chi connectivity index (χ4n) is 1.64. The molecule has 0 saturated heterocycles. The molecule has 7 nitrogen and oxygen atoms in total. The molecule has 114 valence electrons. The summed E-state index contributed by atoms with van der Waals surface area (Å²) >= 11 is 1.23. The van der Waals surface area contributed by atoms with Crippen LogP contribution in [0.3, 0.4) is 0 Å². The zero-order chi connectivity index (χ0) is 15.9. The van der Waals surface area contributed by atoms with Gasteiger partial charge in [-0.25, -0.2) is 4.98 Å². The average molecular weight is 319 g/mol. The Morgan fingerprint density at radius 2 is 1.86 bits per heavy atom. The molecule has 0 aliphatic rings. The number of nitrogens with one attached hydrogen (secondary N) is 2. The average Bonchev–Trinajstić information content (AvgIpc) is 3.00. The van der Waals surface area contributed by atoms with Crippen LogP contribution >= 0.6 is 11.3 Å². The summed E-state index contributed by atoms with van der Waals surface area (Å²) in [4.78, 5) is 37.8. The van der Waals surface area contributed by atoms with Gasteiger partial charge in [-0.1, -0.05) is 6.07 Å². The number of nitrogens with zero attached hydrogens (tertiary/aromatic N) is 1. The third kappa shape index (κ3) is 4.67. The lowest BCUT2D eigenvalue weighted by Crippen LogP contribution is -2.14. The number of carboxylic acids is 1. The molecule has 0 spiro atoms. The van der Waals surface area contributed by atoms with Crippen molar-refractivity contribution in [1.29, 1.82) is 0 Å². The summed E-state index contributed by atoms with van der Waals surface area (Å²) in [5.74, 6) is -1.75. The van der Waals surface area contributed by atoms with Gasteiger partial charge in [0.2, 0.25) is 5.91 Å². The van der Waals surface area contributed by atoms with Gasteiger partial charge in [0.15, 0.2) is 5.01 Å². The lowest BCUT2D eigenvalue weighted by molar-refractivity contribution is -0.138. The molecule has 0 aliphatic heterocycles. The number of carboxylic acid groups (broad SMARTS) is 1. The molecule has 0 fully saturated rings. The topological polar surface area (TPSA) is 108 Å². The van der Waals surface area contributed by atoms with Gasteiger partial charge >= 0.3 is 5.97 Å². The molecule has 2 amide bonds. The van der Waals surface area contributed by atoms with E-state index in [0.717, 1.165) is 0 Å². The van der Waals surface area contributed by atoms with Crippen LogP contribution in [-0.4, -0.2) is 27.9 Å². The predicted octanol–water partition coefficient (Wildman–Crippen LogP) is 2.20. The fraction of sp³-hybridized carbons (Fsp3) is 0.143. The first-order valence-electron chi connectivity index (χ1n) is 6.37. The first-order chi connectivity index (χ1) is 10.5. The Labute approximate surface area is 130 Å². The van der Waals surface area contributed by atoms with E-state index in [2.05, 4.69) is 15.6 Å². The smallest absolute Gasteiger partial charge is 0.303 e. The van der Waals surface area contributed by atoms with E-state index in [4.69, 9.17) is 5.11 Å². The third-order valence-electron chi connectivity index (χ3n) is 2.60. The highest BCUT2D eigenvalue weighted by molar-refractivity contribution is 7.11. The predicted molar refractivity (Wildman–Crippen MR) is 82.0 cm³/mol. The number of hydrogen-bond donors (Lipinski definition) is 3. The largest absolute Gasteiger partial charge is 0.481 e. The minimum absolute atomic E-state index is 0.106. The maximum Gasteiger partial charge on any atom is 0.303 e. The summed E-state index contributed by atoms with van der Waals surface area (Å²) in [5, 5.41) is 15.8. The molecule has 0 bridgehead atoms. The minimum Gasteiger partial charge on any atom is -0.481 e. The summed E-state index contributed by atoms with van der Waals surface area (Å²) in [6, 6.07) is 6.59. The van der Waals surface area contributed by atoms with Gasteiger partial charge in [-0.2, -0.15) is 0 Å². The molecule has 1 heterocycles. The molecule has 0 atom stereocenters. The molecule has 22 heavy (non-hydrogen) atoms. The Kier molecular flexibility index (Phi) is 5.21. The van der Waals surface area contributed by atoms with Crippen molar-refractivity contribution in [3.63, 3.8) is 0 Å². The number of rotatable bonds is 6. The van der Waals surface area contributed by atoms with E-state index < -0.39 is 11.9 Å². The molecule has 0 radical (unpaired) electrons. The van der Waals surface area contributed by atoms with Crippen molar-refractivity contribution in [2.24, 2.45) is 0 Å². The number of carbonyl (C=O) groups is 3. The van der Waals surface area contributed by atoms with Gasteiger partial charge in [-0.3, -0.25) is 14.4 Å². The number of aliphatic carboxylic acids is 1. The van der Waals surface area contributed by atoms with E-state index in [1.807, 2.05) is 0 Å². The molecule has 1 aromatic heterocycles. The first kappa shape index (κ1) is 15.6. The number of hydrogen-bond acceptors (Lipinski definition) is 5. The van der Waals surface area contributed by atoms with E-state index in [-0.39, 0.29) is 18.7 Å². The maximum atomic E-state index is 11.9. The van der Waals surface area contributed by atoms with Crippen LogP contribution in [0.15, 0.2) is 35.8 Å². The zero-order valence-corrected chi connectivity index (χ0v) is 12.2. The van der Waals surface area contributed by atoms with Crippen LogP contribution in [0.2, 0.25) is 0 Å². The van der Waals surface area contributed by atoms with Crippen molar-refractivity contribution in [2.45, 2.75) is 12.8 Å². The SMILES string of the molecule is O=C(O)CCC(=O)Nc1cccc(NC(=O)c2nccs2)c1. The molecule has 0 saturated carbocycles. The van der Waals surface area contributed by atoms with E-state index in [9.17, 15) is 14.4 Å². The van der Waals surface area contributed by atoms with Crippen LogP contribution in [0.25, 0.3) is 0 Å². The first-order valence-corrected chi connectivity index (χ1v) is 7.25. The van der Waals surface area contributed by atoms with Gasteiger partial charge < -0.3 is 15.7 Å². The molecule has 0 unspecified atom stereocenters. The third-order valence-corrected chi connectivity index (χ3v) is 3.37. The van der Waals surface area contributed by atoms with Crippen LogP contribution in [0.5, 0.6) is 0 Å². The Morgan fingerprint density at radius 1 is 1.14 bits per heavy atom. The lowest BCUT2D eigenvalue weighted by atomic mass is 10.2. The molecular weight excluding hydrogens is 306 g/mol. The monoisotopic (exact) mass is 319 g/mol. The van der Waals surface area contributed by atoms with Crippen molar-refractivity contribution in [2.75, 3.05) is 10.6 Å². The summed E-state index contributed by atoms with van der Waals surface area (Å²) in [6.45, 7) is 0. The molecular formula is C14H13N3O4S. The summed E-state index contributed by atoms with van der Waals surface area (Å²) < 4.78 is 0. The summed E-state index contributed by atoms with van der Waals surface area (Å²) in [5.41, 5.74) is 0.989. The van der Waals surface area contributed by atoms with Crippen LogP contribution in [0.4, 0.5) is 11.4 Å². The van der Waals surface area contributed by atoms with Gasteiger partial charge in [0, 0.05) is 29.4 Å². The molecule has 3 N–H and O–H groups in total. The second-order valence-electron chi connectivity index (χ2n) is 4.31. The van der Waals surface area contributed by atoms with Gasteiger partial charge in [-0.15, -0.1) is 11.3 Å². The van der Waals surface area contributed by atoms with Gasteiger partial charge in [-0.05, 0) is 18.2 Å². The van der Waals surface area contributed by atoms with Crippen molar-refractivity contribution in [3.8, 4) is 0 Å². The van der Waals surface area contributed by atoms with Gasteiger partial charge in [0.05, 0.1) is 6.42 Å². The Hall–Kier alpha value is -2.74. The number of amides is 2. The highest BCUT2D eigenvalue weighted by Crippen LogP contribution is 2.17. The van der Waals surface area contributed by atoms with E-state index in [0.29, 0.717) is 16.4 Å². The Morgan fingerprint density at radius 3 is 2.50 bits per heavy atom. The fourth-order valence-corrected chi connectivity index (χ4v) is 2.17. The summed E-state index contributed by atoms with van der Waals surface area (Å²) in [6.07, 6.45) is 1.20. The molecule has 1 aromatic carbocycles. The van der Waals surface area contributed by atoms with Crippen LogP contribution in [0.1, 0.15) is 22.6 Å². The van der Waals surface area contributed by atoms with Crippen molar-refractivity contribution < 1.29 is 19.5 Å². The van der Waals surface area contributed by atoms with E-state index in [1.165, 1.54) is 11.3 Å². The normalized spacial score (nSPS) is 10.0. The van der Waals surface area contributed by atoms with Gasteiger partial charge in [0.1, 0.15) is 0 Å². The highest BCUT2D eigenvalue weighted by atomic mass is 32.1. The van der Waals surface area contributed by atoms with Crippen molar-refractivity contribution in [3.05, 3.63) is 40.8 Å². The van der Waals surface area contributed by atoms with E-state index in [1.54, 1.807) is 35.8 Å². The van der Waals surface area contributed by atoms with Crippen molar-refractivity contribution in [1.82, 2.24) is 4.98 Å². The number of thiazole rings is 1. The second kappa shape index (κ2) is 7.32. The van der Waals surface area contributed by atoms with E-state index >= 15 is 0 Å². The molecule has 2 rings (SSSR count). The zero-order valence-electron chi connectivity index (χ0n) is 11.4. The Balaban J connectivity index is 1.96. The van der Waals surface area contributed by atoms with Crippen LogP contribution < -0.4 is 10.6 Å². The number of carbonyl (C=O) groups excluding carboxylic acids is 2.